The smallest absolute Gasteiger partial charge is 0.276 e. The Hall–Kier alpha value is -2.34. The Morgan fingerprint density at radius 3 is 2.14 bits per heavy atom. The van der Waals surface area contributed by atoms with Gasteiger partial charge in [-0.1, -0.05) is 17.7 Å². The number of nitrogens with zero attached hydrogens (tertiary/aromatic N) is 1. The lowest BCUT2D eigenvalue weighted by molar-refractivity contribution is 0.467. The van der Waals surface area contributed by atoms with Crippen LogP contribution in [0.15, 0.2) is 46.4 Å². The molecule has 6 heteroatoms. The first-order valence-corrected chi connectivity index (χ1v) is 8.19. The molecule has 0 aliphatic rings. The fourth-order valence-electron chi connectivity index (χ4n) is 2.00. The van der Waals surface area contributed by atoms with Crippen molar-refractivity contribution in [2.75, 3.05) is 0 Å². The molecule has 2 N–H and O–H groups in total. The SMILES string of the molecule is Cc1ccc(S(=O)(=O)N/N=C/c2cc(C)c(O)c(C)c2)cc1. The second-order valence-electron chi connectivity index (χ2n) is 5.17. The van der Waals surface area contributed by atoms with E-state index in [1.807, 2.05) is 6.92 Å². The summed E-state index contributed by atoms with van der Waals surface area (Å²) in [7, 11) is -3.67. The van der Waals surface area contributed by atoms with E-state index in [9.17, 15) is 13.5 Å². The molecule has 0 aliphatic carbocycles. The van der Waals surface area contributed by atoms with Crippen LogP contribution in [0.5, 0.6) is 5.75 Å². The Morgan fingerprint density at radius 1 is 1.05 bits per heavy atom. The fourth-order valence-corrected chi connectivity index (χ4v) is 2.80. The maximum atomic E-state index is 12.1. The second-order valence-corrected chi connectivity index (χ2v) is 6.83. The summed E-state index contributed by atoms with van der Waals surface area (Å²) in [4.78, 5) is 2.34. The number of nitrogens with one attached hydrogen (secondary N) is 1. The molecule has 2 aromatic rings. The number of phenolic OH excluding ortho intramolecular Hbond substituents is 1. The van der Waals surface area contributed by atoms with Crippen molar-refractivity contribution in [3.8, 4) is 5.75 Å². The number of phenols is 1. The number of hydrogen-bond donors (Lipinski definition) is 2. The lowest BCUT2D eigenvalue weighted by Gasteiger charge is -2.05. The fraction of sp³-hybridized carbons (Fsp3) is 0.188. The van der Waals surface area contributed by atoms with Gasteiger partial charge in [0, 0.05) is 0 Å². The molecule has 0 heterocycles. The van der Waals surface area contributed by atoms with Gasteiger partial charge in [-0.15, -0.1) is 0 Å². The molecular weight excluding hydrogens is 300 g/mol. The van der Waals surface area contributed by atoms with Gasteiger partial charge in [0.15, 0.2) is 0 Å². The number of hydrogen-bond acceptors (Lipinski definition) is 4. The maximum absolute atomic E-state index is 12.1. The molecule has 2 aromatic carbocycles. The largest absolute Gasteiger partial charge is 0.507 e. The summed E-state index contributed by atoms with van der Waals surface area (Å²) in [6.45, 7) is 5.43. The van der Waals surface area contributed by atoms with Crippen molar-refractivity contribution in [1.29, 1.82) is 0 Å². The van der Waals surface area contributed by atoms with Gasteiger partial charge in [0.1, 0.15) is 5.75 Å². The van der Waals surface area contributed by atoms with E-state index >= 15 is 0 Å². The topological polar surface area (TPSA) is 78.8 Å². The summed E-state index contributed by atoms with van der Waals surface area (Å²) >= 11 is 0. The molecule has 0 aliphatic heterocycles. The van der Waals surface area contributed by atoms with Crippen LogP contribution < -0.4 is 4.83 Å². The standard InChI is InChI=1S/C16H18N2O3S/c1-11-4-6-15(7-5-11)22(20,21)18-17-10-14-8-12(2)16(19)13(3)9-14/h4-10,18-19H,1-3H3/b17-10+. The van der Waals surface area contributed by atoms with Gasteiger partial charge in [-0.25, -0.2) is 4.83 Å². The lowest BCUT2D eigenvalue weighted by Crippen LogP contribution is -2.18. The Bertz CT molecular complexity index is 787. The highest BCUT2D eigenvalue weighted by Crippen LogP contribution is 2.22. The molecule has 0 fully saturated rings. The van der Waals surface area contributed by atoms with E-state index in [0.29, 0.717) is 16.7 Å². The van der Waals surface area contributed by atoms with Crippen molar-refractivity contribution in [2.45, 2.75) is 25.7 Å². The van der Waals surface area contributed by atoms with Crippen LogP contribution in [-0.2, 0) is 10.0 Å². The molecule has 0 radical (unpaired) electrons. The number of hydrazone groups is 1. The van der Waals surface area contributed by atoms with Crippen molar-refractivity contribution in [3.63, 3.8) is 0 Å². The van der Waals surface area contributed by atoms with E-state index in [0.717, 1.165) is 5.56 Å². The number of rotatable bonds is 4. The minimum absolute atomic E-state index is 0.160. The predicted molar refractivity (Wildman–Crippen MR) is 86.7 cm³/mol. The normalized spacial score (nSPS) is 11.8. The van der Waals surface area contributed by atoms with Gasteiger partial charge in [0.2, 0.25) is 0 Å². The van der Waals surface area contributed by atoms with E-state index in [-0.39, 0.29) is 10.6 Å². The van der Waals surface area contributed by atoms with Gasteiger partial charge in [-0.2, -0.15) is 13.5 Å². The number of aromatic hydroxyl groups is 1. The van der Waals surface area contributed by atoms with Crippen molar-refractivity contribution in [2.24, 2.45) is 5.10 Å². The number of aryl methyl sites for hydroxylation is 3. The third-order valence-electron chi connectivity index (χ3n) is 3.23. The molecule has 0 bridgehead atoms. The molecule has 116 valence electrons. The highest BCUT2D eigenvalue weighted by Gasteiger charge is 2.11. The highest BCUT2D eigenvalue weighted by atomic mass is 32.2. The van der Waals surface area contributed by atoms with Crippen molar-refractivity contribution < 1.29 is 13.5 Å². The van der Waals surface area contributed by atoms with Crippen LogP contribution in [0.1, 0.15) is 22.3 Å². The summed E-state index contributed by atoms with van der Waals surface area (Å²) in [5.41, 5.74) is 3.11. The summed E-state index contributed by atoms with van der Waals surface area (Å²) in [6, 6.07) is 9.97. The van der Waals surface area contributed by atoms with E-state index < -0.39 is 10.0 Å². The first-order chi connectivity index (χ1) is 10.3. The van der Waals surface area contributed by atoms with Crippen molar-refractivity contribution in [1.82, 2.24) is 4.83 Å². The maximum Gasteiger partial charge on any atom is 0.276 e. The zero-order valence-electron chi connectivity index (χ0n) is 12.7. The molecule has 0 spiro atoms. The van der Waals surface area contributed by atoms with E-state index in [4.69, 9.17) is 0 Å². The molecule has 0 aromatic heterocycles. The molecule has 0 atom stereocenters. The van der Waals surface area contributed by atoms with Gasteiger partial charge >= 0.3 is 0 Å². The predicted octanol–water partition coefficient (Wildman–Crippen LogP) is 2.63. The summed E-state index contributed by atoms with van der Waals surface area (Å²) in [6.07, 6.45) is 1.41. The zero-order valence-corrected chi connectivity index (χ0v) is 13.5. The van der Waals surface area contributed by atoms with Gasteiger partial charge in [-0.05, 0) is 61.7 Å². The Balaban J connectivity index is 2.16. The van der Waals surface area contributed by atoms with Crippen LogP contribution in [0.4, 0.5) is 0 Å². The first kappa shape index (κ1) is 16.0. The molecule has 0 amide bonds. The third kappa shape index (κ3) is 3.65. The Kier molecular flexibility index (Phi) is 4.51. The summed E-state index contributed by atoms with van der Waals surface area (Å²) in [5, 5.41) is 13.5. The quantitative estimate of drug-likeness (QED) is 0.672. The number of sulfonamides is 1. The van der Waals surface area contributed by atoms with Gasteiger partial charge in [0.25, 0.3) is 10.0 Å². The minimum atomic E-state index is -3.67. The Morgan fingerprint density at radius 2 is 1.59 bits per heavy atom. The highest BCUT2D eigenvalue weighted by molar-refractivity contribution is 7.89. The Labute approximate surface area is 130 Å². The van der Waals surface area contributed by atoms with Crippen LogP contribution in [0.2, 0.25) is 0 Å². The molecule has 0 unspecified atom stereocenters. The van der Waals surface area contributed by atoms with Gasteiger partial charge < -0.3 is 5.11 Å². The molecule has 22 heavy (non-hydrogen) atoms. The van der Waals surface area contributed by atoms with Crippen LogP contribution >= 0.6 is 0 Å². The van der Waals surface area contributed by atoms with Gasteiger partial charge in [-0.3, -0.25) is 0 Å². The van der Waals surface area contributed by atoms with E-state index in [1.165, 1.54) is 18.3 Å². The second kappa shape index (κ2) is 6.19. The summed E-state index contributed by atoms with van der Waals surface area (Å²) < 4.78 is 24.1. The zero-order chi connectivity index (χ0) is 16.3. The third-order valence-corrected chi connectivity index (χ3v) is 4.47. The lowest BCUT2D eigenvalue weighted by atomic mass is 10.1. The summed E-state index contributed by atoms with van der Waals surface area (Å²) in [5.74, 6) is 0.234. The molecule has 5 nitrogen and oxygen atoms in total. The van der Waals surface area contributed by atoms with Crippen LogP contribution in [0.3, 0.4) is 0 Å². The molecule has 2 rings (SSSR count). The van der Waals surface area contributed by atoms with Gasteiger partial charge in [0.05, 0.1) is 11.1 Å². The average molecular weight is 318 g/mol. The van der Waals surface area contributed by atoms with Crippen LogP contribution in [-0.4, -0.2) is 19.7 Å². The van der Waals surface area contributed by atoms with Crippen LogP contribution in [0.25, 0.3) is 0 Å². The molecule has 0 saturated carbocycles. The molecule has 0 saturated heterocycles. The van der Waals surface area contributed by atoms with Crippen molar-refractivity contribution >= 4 is 16.2 Å². The van der Waals surface area contributed by atoms with Crippen LogP contribution in [0, 0.1) is 20.8 Å². The number of benzene rings is 2. The average Bonchev–Trinajstić information content (AvgIpc) is 2.45. The van der Waals surface area contributed by atoms with E-state index in [1.54, 1.807) is 38.1 Å². The molecular formula is C16H18N2O3S. The monoisotopic (exact) mass is 318 g/mol. The van der Waals surface area contributed by atoms with Crippen molar-refractivity contribution in [3.05, 3.63) is 58.7 Å². The first-order valence-electron chi connectivity index (χ1n) is 6.71. The minimum Gasteiger partial charge on any atom is -0.507 e. The van der Waals surface area contributed by atoms with E-state index in [2.05, 4.69) is 9.93 Å².